The first kappa shape index (κ1) is 31.2. The molecule has 0 radical (unpaired) electrons. The van der Waals surface area contributed by atoms with Gasteiger partial charge in [-0.05, 0) is 63.4 Å². The molecule has 1 aliphatic heterocycles. The van der Waals surface area contributed by atoms with Gasteiger partial charge in [-0.3, -0.25) is 14.3 Å². The van der Waals surface area contributed by atoms with Crippen molar-refractivity contribution in [2.75, 3.05) is 20.3 Å². The van der Waals surface area contributed by atoms with Crippen LogP contribution in [-0.2, 0) is 4.74 Å². The molecule has 1 aliphatic rings. The first-order valence-electron chi connectivity index (χ1n) is 14.2. The third kappa shape index (κ3) is 6.21. The molecule has 2 heterocycles. The summed E-state index contributed by atoms with van der Waals surface area (Å²) in [6.45, 7) is 5.24. The number of benzene rings is 3. The smallest absolute Gasteiger partial charge is 0.410 e. The minimum absolute atomic E-state index is 0.0374. The maximum absolute atomic E-state index is 15.0. The third-order valence-corrected chi connectivity index (χ3v) is 7.26. The van der Waals surface area contributed by atoms with Crippen LogP contribution in [0.15, 0.2) is 53.3 Å². The van der Waals surface area contributed by atoms with Crippen LogP contribution in [0.4, 0.5) is 13.6 Å². The van der Waals surface area contributed by atoms with E-state index in [2.05, 4.69) is 17.9 Å². The van der Waals surface area contributed by atoms with Gasteiger partial charge in [0.05, 0.1) is 41.4 Å². The second-order valence-electron chi connectivity index (χ2n) is 11.5. The highest BCUT2D eigenvalue weighted by Gasteiger charge is 2.37. The lowest BCUT2D eigenvalue weighted by atomic mass is 9.98. The van der Waals surface area contributed by atoms with Crippen molar-refractivity contribution >= 4 is 17.0 Å². The van der Waals surface area contributed by atoms with Crippen LogP contribution >= 0.6 is 0 Å². The first-order chi connectivity index (χ1) is 21.4. The molecule has 0 aliphatic carbocycles. The number of hydrogen-bond acceptors (Lipinski definition) is 7. The summed E-state index contributed by atoms with van der Waals surface area (Å²) in [4.78, 5) is 34.1. The zero-order valence-electron chi connectivity index (χ0n) is 25.1. The topological polar surface area (TPSA) is 118 Å². The maximum atomic E-state index is 15.0. The number of carbonyl (C=O) groups is 1. The molecule has 1 fully saturated rings. The second-order valence-corrected chi connectivity index (χ2v) is 11.5. The lowest BCUT2D eigenvalue weighted by Gasteiger charge is -2.29. The van der Waals surface area contributed by atoms with Gasteiger partial charge in [0.25, 0.3) is 5.56 Å². The van der Waals surface area contributed by atoms with Crippen molar-refractivity contribution in [2.24, 2.45) is 0 Å². The molecule has 0 saturated carbocycles. The van der Waals surface area contributed by atoms with Crippen molar-refractivity contribution in [3.63, 3.8) is 0 Å². The molecular formula is C34H30F2N4O5. The SMILES string of the molecule is COc1c(F)cc(-n2c(C3CCCN3C(=O)OC(C)(C)C)nc3c(-c4ccc(C#CCO)cc4)cc(C#N)cc3c2=O)cc1F. The predicted octanol–water partition coefficient (Wildman–Crippen LogP) is 5.63. The molecule has 1 atom stereocenters. The van der Waals surface area contributed by atoms with E-state index in [9.17, 15) is 14.9 Å². The van der Waals surface area contributed by atoms with Gasteiger partial charge in [-0.15, -0.1) is 0 Å². The fraction of sp³-hybridized carbons (Fsp3) is 0.294. The summed E-state index contributed by atoms with van der Waals surface area (Å²) in [5.41, 5.74) is 0.507. The quantitative estimate of drug-likeness (QED) is 0.297. The Morgan fingerprint density at radius 1 is 1.11 bits per heavy atom. The molecule has 230 valence electrons. The third-order valence-electron chi connectivity index (χ3n) is 7.26. The van der Waals surface area contributed by atoms with Crippen molar-refractivity contribution in [3.8, 4) is 40.5 Å². The Hall–Kier alpha value is -5.26. The lowest BCUT2D eigenvalue weighted by molar-refractivity contribution is 0.0216. The van der Waals surface area contributed by atoms with Crippen LogP contribution in [0.2, 0.25) is 0 Å². The summed E-state index contributed by atoms with van der Waals surface area (Å²) in [5.74, 6) is 2.81. The number of aliphatic hydroxyl groups is 1. The molecule has 3 aromatic carbocycles. The van der Waals surface area contributed by atoms with Crippen LogP contribution in [0.3, 0.4) is 0 Å². The molecule has 0 spiro atoms. The van der Waals surface area contributed by atoms with Crippen LogP contribution in [0.25, 0.3) is 27.7 Å². The van der Waals surface area contributed by atoms with E-state index < -0.39 is 40.7 Å². The van der Waals surface area contributed by atoms with Gasteiger partial charge in [-0.25, -0.2) is 18.6 Å². The van der Waals surface area contributed by atoms with Crippen molar-refractivity contribution < 1.29 is 28.2 Å². The summed E-state index contributed by atoms with van der Waals surface area (Å²) >= 11 is 0. The zero-order valence-corrected chi connectivity index (χ0v) is 25.1. The number of amides is 1. The fourth-order valence-electron chi connectivity index (χ4n) is 5.38. The Morgan fingerprint density at radius 2 is 1.80 bits per heavy atom. The molecule has 0 bridgehead atoms. The van der Waals surface area contributed by atoms with Gasteiger partial charge in [0.15, 0.2) is 17.4 Å². The number of rotatable bonds is 4. The monoisotopic (exact) mass is 612 g/mol. The van der Waals surface area contributed by atoms with Gasteiger partial charge in [0, 0.05) is 29.8 Å². The average Bonchev–Trinajstić information content (AvgIpc) is 3.49. The van der Waals surface area contributed by atoms with Crippen LogP contribution in [0.1, 0.15) is 56.6 Å². The molecule has 5 rings (SSSR count). The van der Waals surface area contributed by atoms with E-state index in [0.717, 1.165) is 23.8 Å². The Balaban J connectivity index is 1.82. The minimum atomic E-state index is -1.03. The van der Waals surface area contributed by atoms with Gasteiger partial charge in [0.2, 0.25) is 0 Å². The summed E-state index contributed by atoms with van der Waals surface area (Å²) in [7, 11) is 1.13. The number of ether oxygens (including phenoxy) is 2. The van der Waals surface area contributed by atoms with Crippen LogP contribution in [-0.4, -0.2) is 51.5 Å². The zero-order chi connectivity index (χ0) is 32.5. The van der Waals surface area contributed by atoms with Gasteiger partial charge < -0.3 is 14.6 Å². The second kappa shape index (κ2) is 12.4. The summed E-state index contributed by atoms with van der Waals surface area (Å²) < 4.78 is 41.6. The summed E-state index contributed by atoms with van der Waals surface area (Å²) in [6.07, 6.45) is 0.361. The highest BCUT2D eigenvalue weighted by molar-refractivity contribution is 5.95. The van der Waals surface area contributed by atoms with E-state index in [-0.39, 0.29) is 34.6 Å². The van der Waals surface area contributed by atoms with Crippen molar-refractivity contribution in [3.05, 3.63) is 87.5 Å². The number of halogens is 2. The molecule has 1 aromatic heterocycles. The molecule has 1 N–H and O–H groups in total. The molecule has 9 nitrogen and oxygen atoms in total. The van der Waals surface area contributed by atoms with Crippen LogP contribution in [0, 0.1) is 34.8 Å². The number of fused-ring (bicyclic) bond motifs is 1. The average molecular weight is 613 g/mol. The minimum Gasteiger partial charge on any atom is -0.491 e. The normalized spacial score (nSPS) is 14.5. The van der Waals surface area contributed by atoms with E-state index >= 15 is 8.78 Å². The Kier molecular flexibility index (Phi) is 8.58. The van der Waals surface area contributed by atoms with Gasteiger partial charge in [0.1, 0.15) is 18.0 Å². The summed E-state index contributed by atoms with van der Waals surface area (Å²) in [6, 6.07) is 13.2. The van der Waals surface area contributed by atoms with Crippen molar-refractivity contribution in [1.82, 2.24) is 14.5 Å². The molecule has 1 unspecified atom stereocenters. The first-order valence-corrected chi connectivity index (χ1v) is 14.2. The van der Waals surface area contributed by atoms with Gasteiger partial charge in [-0.2, -0.15) is 5.26 Å². The number of likely N-dealkylation sites (tertiary alicyclic amines) is 1. The molecule has 4 aromatic rings. The number of aromatic nitrogens is 2. The van der Waals surface area contributed by atoms with E-state index in [1.165, 1.54) is 11.0 Å². The van der Waals surface area contributed by atoms with Crippen molar-refractivity contribution in [1.29, 1.82) is 5.26 Å². The molecule has 1 saturated heterocycles. The maximum Gasteiger partial charge on any atom is 0.410 e. The van der Waals surface area contributed by atoms with E-state index in [1.54, 1.807) is 51.1 Å². The molecule has 45 heavy (non-hydrogen) atoms. The highest BCUT2D eigenvalue weighted by atomic mass is 19.1. The molecule has 11 heteroatoms. The number of nitrogens with zero attached hydrogens (tertiary/aromatic N) is 4. The Morgan fingerprint density at radius 3 is 2.40 bits per heavy atom. The standard InChI is InChI=1S/C34H30F2N4O5/c1-34(2,3)45-33(43)39-13-5-8-28(39)31-38-29-24(22-11-9-20(10-12-22)7-6-14-41)15-21(19-37)16-25(29)32(42)40(31)23-17-26(35)30(44-4)27(36)18-23/h9-12,15-18,28,41H,5,8,13-14H2,1-4H3. The number of methoxy groups -OCH3 is 1. The van der Waals surface area contributed by atoms with Gasteiger partial charge >= 0.3 is 6.09 Å². The largest absolute Gasteiger partial charge is 0.491 e. The molecule has 1 amide bonds. The van der Waals surface area contributed by atoms with Gasteiger partial charge in [-0.1, -0.05) is 24.0 Å². The van der Waals surface area contributed by atoms with Crippen molar-refractivity contribution in [2.45, 2.75) is 45.3 Å². The van der Waals surface area contributed by atoms with E-state index in [1.807, 2.05) is 0 Å². The Labute approximate surface area is 258 Å². The summed E-state index contributed by atoms with van der Waals surface area (Å²) in [5, 5.41) is 18.9. The number of hydrogen-bond donors (Lipinski definition) is 1. The van der Waals surface area contributed by atoms with E-state index in [4.69, 9.17) is 19.6 Å². The molecular weight excluding hydrogens is 582 g/mol. The van der Waals surface area contributed by atoms with E-state index in [0.29, 0.717) is 36.1 Å². The number of aliphatic hydroxyl groups excluding tert-OH is 1. The Bertz CT molecular complexity index is 1940. The predicted molar refractivity (Wildman–Crippen MR) is 163 cm³/mol. The number of carbonyl (C=O) groups excluding carboxylic acids is 1. The van der Waals surface area contributed by atoms with Crippen LogP contribution < -0.4 is 10.3 Å². The lowest BCUT2D eigenvalue weighted by Crippen LogP contribution is -2.38. The van der Waals surface area contributed by atoms with Crippen LogP contribution in [0.5, 0.6) is 5.75 Å². The highest BCUT2D eigenvalue weighted by Crippen LogP contribution is 2.36. The number of nitriles is 1. The fourth-order valence-corrected chi connectivity index (χ4v) is 5.38.